The maximum atomic E-state index is 14.3. The van der Waals surface area contributed by atoms with E-state index in [1.807, 2.05) is 4.90 Å². The fourth-order valence-corrected chi connectivity index (χ4v) is 7.06. The predicted octanol–water partition coefficient (Wildman–Crippen LogP) is 6.02. The van der Waals surface area contributed by atoms with Crippen molar-refractivity contribution >= 4 is 29.1 Å². The number of rotatable bonds is 8. The Labute approximate surface area is 236 Å². The molecule has 2 aromatic carbocycles. The second-order valence-electron chi connectivity index (χ2n) is 11.2. The maximum Gasteiger partial charge on any atom is 0.254 e. The molecule has 1 N–H and O–H groups in total. The number of nitrogens with zero attached hydrogens (tertiary/aromatic N) is 2. The number of piperidine rings is 2. The molecule has 0 aromatic heterocycles. The molecule has 1 unspecified atom stereocenters. The van der Waals surface area contributed by atoms with E-state index >= 15 is 0 Å². The van der Waals surface area contributed by atoms with Gasteiger partial charge in [0.1, 0.15) is 17.0 Å². The summed E-state index contributed by atoms with van der Waals surface area (Å²) in [6.45, 7) is 2.85. The van der Waals surface area contributed by atoms with Crippen molar-refractivity contribution in [1.82, 2.24) is 9.80 Å². The molecule has 8 heteroatoms. The number of hydrogen-bond donors (Lipinski definition) is 1. The SMILES string of the molecule is COc1cc(NC(=O)C2(N(CC3CCCN4CCCC[C@H]34)C(=O)c3ccc(Cl)cc3)CCCC2)cc(OC)c1. The number of halogens is 1. The molecule has 2 heterocycles. The van der Waals surface area contributed by atoms with Gasteiger partial charge < -0.3 is 24.6 Å². The third-order valence-electron chi connectivity index (χ3n) is 8.96. The molecule has 3 aliphatic rings. The van der Waals surface area contributed by atoms with Crippen molar-refractivity contribution in [3.05, 3.63) is 53.1 Å². The minimum Gasteiger partial charge on any atom is -0.497 e. The molecule has 39 heavy (non-hydrogen) atoms. The van der Waals surface area contributed by atoms with Crippen molar-refractivity contribution in [1.29, 1.82) is 0 Å². The summed E-state index contributed by atoms with van der Waals surface area (Å²) in [6, 6.07) is 12.9. The van der Waals surface area contributed by atoms with E-state index in [0.29, 0.717) is 59.1 Å². The predicted molar refractivity (Wildman–Crippen MR) is 154 cm³/mol. The zero-order valence-corrected chi connectivity index (χ0v) is 23.8. The van der Waals surface area contributed by atoms with Gasteiger partial charge in [-0.3, -0.25) is 9.59 Å². The molecule has 3 fully saturated rings. The lowest BCUT2D eigenvalue weighted by molar-refractivity contribution is -0.127. The largest absolute Gasteiger partial charge is 0.497 e. The van der Waals surface area contributed by atoms with E-state index < -0.39 is 5.54 Å². The van der Waals surface area contributed by atoms with Crippen molar-refractivity contribution in [2.75, 3.05) is 39.2 Å². The van der Waals surface area contributed by atoms with Gasteiger partial charge in [-0.05, 0) is 81.8 Å². The van der Waals surface area contributed by atoms with Gasteiger partial charge in [0.25, 0.3) is 5.91 Å². The summed E-state index contributed by atoms with van der Waals surface area (Å²) in [7, 11) is 3.17. The zero-order valence-electron chi connectivity index (χ0n) is 23.1. The summed E-state index contributed by atoms with van der Waals surface area (Å²) < 4.78 is 10.8. The van der Waals surface area contributed by atoms with Crippen molar-refractivity contribution in [2.45, 2.75) is 69.4 Å². The molecular formula is C31H40ClN3O4. The topological polar surface area (TPSA) is 71.1 Å². The molecule has 1 aliphatic carbocycles. The highest BCUT2D eigenvalue weighted by molar-refractivity contribution is 6.30. The molecular weight excluding hydrogens is 514 g/mol. The Hall–Kier alpha value is -2.77. The average Bonchev–Trinajstić information content (AvgIpc) is 3.47. The van der Waals surface area contributed by atoms with E-state index in [1.165, 1.54) is 12.8 Å². The Kier molecular flexibility index (Phi) is 8.67. The number of methoxy groups -OCH3 is 2. The molecule has 2 saturated heterocycles. The van der Waals surface area contributed by atoms with Gasteiger partial charge in [-0.1, -0.05) is 30.9 Å². The monoisotopic (exact) mass is 553 g/mol. The molecule has 7 nitrogen and oxygen atoms in total. The summed E-state index contributed by atoms with van der Waals surface area (Å²) in [4.78, 5) is 33.1. The van der Waals surface area contributed by atoms with Crippen molar-refractivity contribution in [3.63, 3.8) is 0 Å². The standard InChI is InChI=1S/C31H40ClN3O4/c1-38-26-18-25(19-27(20-26)39-2)33-30(37)31(14-4-5-15-31)35(29(36)22-10-12-24(32)13-11-22)21-23-8-7-17-34-16-6-3-9-28(23)34/h10-13,18-20,23,28H,3-9,14-17,21H2,1-2H3,(H,33,37)/t23?,28-/m1/s1. The first-order chi connectivity index (χ1) is 18.9. The van der Waals surface area contributed by atoms with Crippen LogP contribution in [0.3, 0.4) is 0 Å². The van der Waals surface area contributed by atoms with Crippen LogP contribution in [0.2, 0.25) is 5.02 Å². The third kappa shape index (κ3) is 5.90. The highest BCUT2D eigenvalue weighted by atomic mass is 35.5. The van der Waals surface area contributed by atoms with Crippen molar-refractivity contribution < 1.29 is 19.1 Å². The lowest BCUT2D eigenvalue weighted by Crippen LogP contribution is -2.61. The number of carbonyl (C=O) groups is 2. The summed E-state index contributed by atoms with van der Waals surface area (Å²) in [5, 5.41) is 3.73. The van der Waals surface area contributed by atoms with E-state index in [2.05, 4.69) is 10.2 Å². The maximum absolute atomic E-state index is 14.3. The normalized spacial score (nSPS) is 22.5. The number of ether oxygens (including phenoxy) is 2. The first-order valence-electron chi connectivity index (χ1n) is 14.3. The Morgan fingerprint density at radius 2 is 1.62 bits per heavy atom. The molecule has 5 rings (SSSR count). The first kappa shape index (κ1) is 27.8. The van der Waals surface area contributed by atoms with Gasteiger partial charge in [-0.15, -0.1) is 0 Å². The molecule has 2 aromatic rings. The van der Waals surface area contributed by atoms with Gasteiger partial charge in [0.2, 0.25) is 5.91 Å². The van der Waals surface area contributed by atoms with Crippen molar-refractivity contribution in [3.8, 4) is 11.5 Å². The number of hydrogen-bond acceptors (Lipinski definition) is 5. The smallest absolute Gasteiger partial charge is 0.254 e. The van der Waals surface area contributed by atoms with Gasteiger partial charge in [-0.2, -0.15) is 0 Å². The van der Waals surface area contributed by atoms with E-state index in [9.17, 15) is 9.59 Å². The summed E-state index contributed by atoms with van der Waals surface area (Å²) >= 11 is 6.16. The molecule has 0 spiro atoms. The number of carbonyl (C=O) groups excluding carboxylic acids is 2. The number of amides is 2. The third-order valence-corrected chi connectivity index (χ3v) is 9.21. The highest BCUT2D eigenvalue weighted by Crippen LogP contribution is 2.41. The van der Waals surface area contributed by atoms with Gasteiger partial charge in [0.15, 0.2) is 0 Å². The van der Waals surface area contributed by atoms with Crippen LogP contribution in [0.25, 0.3) is 0 Å². The highest BCUT2D eigenvalue weighted by Gasteiger charge is 2.50. The van der Waals surface area contributed by atoms with Crippen LogP contribution in [0.5, 0.6) is 11.5 Å². The summed E-state index contributed by atoms with van der Waals surface area (Å²) in [5.41, 5.74) is 0.236. The van der Waals surface area contributed by atoms with Crippen LogP contribution in [0.1, 0.15) is 68.1 Å². The average molecular weight is 554 g/mol. The number of anilines is 1. The van der Waals surface area contributed by atoms with Crippen molar-refractivity contribution in [2.24, 2.45) is 5.92 Å². The second kappa shape index (κ2) is 12.2. The number of benzene rings is 2. The van der Waals surface area contributed by atoms with Crippen LogP contribution in [0.15, 0.2) is 42.5 Å². The van der Waals surface area contributed by atoms with Gasteiger partial charge in [0.05, 0.1) is 14.2 Å². The minimum absolute atomic E-state index is 0.0973. The summed E-state index contributed by atoms with van der Waals surface area (Å²) in [6.07, 6.45) is 8.93. The van der Waals surface area contributed by atoms with Crippen LogP contribution < -0.4 is 14.8 Å². The lowest BCUT2D eigenvalue weighted by Gasteiger charge is -2.48. The van der Waals surface area contributed by atoms with Gasteiger partial charge in [0, 0.05) is 47.1 Å². The minimum atomic E-state index is -0.927. The number of fused-ring (bicyclic) bond motifs is 1. The molecule has 1 saturated carbocycles. The molecule has 2 amide bonds. The zero-order chi connectivity index (χ0) is 27.4. The second-order valence-corrected chi connectivity index (χ2v) is 11.7. The Morgan fingerprint density at radius 1 is 0.949 bits per heavy atom. The Morgan fingerprint density at radius 3 is 2.28 bits per heavy atom. The van der Waals surface area contributed by atoms with E-state index in [1.54, 1.807) is 56.7 Å². The van der Waals surface area contributed by atoms with Crippen LogP contribution in [-0.4, -0.2) is 67.0 Å². The van der Waals surface area contributed by atoms with Crippen LogP contribution in [0, 0.1) is 5.92 Å². The van der Waals surface area contributed by atoms with E-state index in [4.69, 9.17) is 21.1 Å². The molecule has 0 radical (unpaired) electrons. The molecule has 2 aliphatic heterocycles. The van der Waals surface area contributed by atoms with E-state index in [-0.39, 0.29) is 11.8 Å². The molecule has 2 atom stereocenters. The van der Waals surface area contributed by atoms with Gasteiger partial charge >= 0.3 is 0 Å². The van der Waals surface area contributed by atoms with E-state index in [0.717, 1.165) is 45.2 Å². The fourth-order valence-electron chi connectivity index (χ4n) is 6.93. The molecule has 210 valence electrons. The van der Waals surface area contributed by atoms with Crippen LogP contribution >= 0.6 is 11.6 Å². The lowest BCUT2D eigenvalue weighted by atomic mass is 9.81. The van der Waals surface area contributed by atoms with Crippen LogP contribution in [-0.2, 0) is 4.79 Å². The van der Waals surface area contributed by atoms with Crippen LogP contribution in [0.4, 0.5) is 5.69 Å². The summed E-state index contributed by atoms with van der Waals surface area (Å²) in [5.74, 6) is 1.30. The first-order valence-corrected chi connectivity index (χ1v) is 14.7. The van der Waals surface area contributed by atoms with Gasteiger partial charge in [-0.25, -0.2) is 0 Å². The quantitative estimate of drug-likeness (QED) is 0.433. The molecule has 0 bridgehead atoms. The number of nitrogens with one attached hydrogen (secondary N) is 1. The Balaban J connectivity index is 1.49. The Bertz CT molecular complexity index is 1140. The fraction of sp³-hybridized carbons (Fsp3) is 0.548.